The number of imidazole rings is 1. The molecule has 1 aromatic carbocycles. The molecule has 0 radical (unpaired) electrons. The summed E-state index contributed by atoms with van der Waals surface area (Å²) in [6, 6.07) is 7.26. The maximum atomic E-state index is 14.1. The Labute approximate surface area is 208 Å². The lowest BCUT2D eigenvalue weighted by atomic mass is 10.0. The van der Waals surface area contributed by atoms with E-state index in [2.05, 4.69) is 19.7 Å². The van der Waals surface area contributed by atoms with E-state index in [4.69, 9.17) is 4.74 Å². The second kappa shape index (κ2) is 9.92. The molecule has 1 saturated heterocycles. The maximum absolute atomic E-state index is 14.1. The summed E-state index contributed by atoms with van der Waals surface area (Å²) < 4.78 is 79.5. The summed E-state index contributed by atoms with van der Waals surface area (Å²) in [7, 11) is 0. The molecule has 37 heavy (non-hydrogen) atoms. The van der Waals surface area contributed by atoms with Crippen molar-refractivity contribution in [3.63, 3.8) is 0 Å². The zero-order chi connectivity index (χ0) is 26.2. The largest absolute Gasteiger partial charge is 0.435 e. The highest BCUT2D eigenvalue weighted by Crippen LogP contribution is 2.38. The highest BCUT2D eigenvalue weighted by atomic mass is 19.4. The Morgan fingerprint density at radius 1 is 1.08 bits per heavy atom. The van der Waals surface area contributed by atoms with Crippen LogP contribution in [0.4, 0.5) is 27.9 Å². The van der Waals surface area contributed by atoms with E-state index in [1.165, 1.54) is 29.1 Å². The van der Waals surface area contributed by atoms with Crippen LogP contribution in [0.1, 0.15) is 22.5 Å². The van der Waals surface area contributed by atoms with Crippen LogP contribution >= 0.6 is 0 Å². The first-order valence-electron chi connectivity index (χ1n) is 11.5. The van der Waals surface area contributed by atoms with Gasteiger partial charge in [0.1, 0.15) is 11.4 Å². The van der Waals surface area contributed by atoms with E-state index in [9.17, 15) is 22.0 Å². The minimum Gasteiger partial charge on any atom is -0.435 e. The summed E-state index contributed by atoms with van der Waals surface area (Å²) in [6.45, 7) is 0.876. The lowest BCUT2D eigenvalue weighted by molar-refractivity contribution is -0.137. The van der Waals surface area contributed by atoms with Crippen LogP contribution < -0.4 is 9.64 Å². The molecule has 1 aliphatic heterocycles. The first-order chi connectivity index (χ1) is 17.7. The van der Waals surface area contributed by atoms with Crippen LogP contribution in [0.25, 0.3) is 16.8 Å². The molecule has 0 N–H and O–H groups in total. The van der Waals surface area contributed by atoms with Crippen LogP contribution in [0.2, 0.25) is 0 Å². The number of nitrogens with zero attached hydrogens (tertiary/aromatic N) is 5. The number of hydrogen-bond acceptors (Lipinski definition) is 6. The second-order valence-electron chi connectivity index (χ2n) is 8.50. The van der Waals surface area contributed by atoms with E-state index in [1.54, 1.807) is 25.1 Å². The first kappa shape index (κ1) is 24.9. The predicted octanol–water partition coefficient (Wildman–Crippen LogP) is 5.15. The number of benzene rings is 1. The minimum absolute atomic E-state index is 0.00825. The summed E-state index contributed by atoms with van der Waals surface area (Å²) in [5.41, 5.74) is 0.737. The van der Waals surface area contributed by atoms with Crippen molar-refractivity contribution >= 4 is 11.6 Å². The summed E-state index contributed by atoms with van der Waals surface area (Å²) in [6.07, 6.45) is -0.463. The third-order valence-corrected chi connectivity index (χ3v) is 6.15. The molecule has 194 valence electrons. The van der Waals surface area contributed by atoms with Crippen molar-refractivity contribution in [2.45, 2.75) is 26.1 Å². The van der Waals surface area contributed by atoms with Gasteiger partial charge in [0.05, 0.1) is 24.5 Å². The fourth-order valence-corrected chi connectivity index (χ4v) is 4.36. The highest BCUT2D eigenvalue weighted by Gasteiger charge is 2.35. The second-order valence-corrected chi connectivity index (χ2v) is 8.50. The first-order valence-corrected chi connectivity index (χ1v) is 11.5. The number of alkyl halides is 5. The third-order valence-electron chi connectivity index (χ3n) is 6.15. The Bertz CT molecular complexity index is 1400. The minimum atomic E-state index is -4.66. The van der Waals surface area contributed by atoms with Gasteiger partial charge in [-0.25, -0.2) is 15.0 Å². The molecular weight excluding hydrogens is 497 g/mol. The Morgan fingerprint density at radius 3 is 2.46 bits per heavy atom. The zero-order valence-corrected chi connectivity index (χ0v) is 19.7. The molecule has 0 atom stereocenters. The van der Waals surface area contributed by atoms with E-state index < -0.39 is 18.4 Å². The molecule has 3 aromatic heterocycles. The van der Waals surface area contributed by atoms with Gasteiger partial charge in [-0.05, 0) is 19.1 Å². The van der Waals surface area contributed by atoms with E-state index in [0.29, 0.717) is 49.2 Å². The lowest BCUT2D eigenvalue weighted by Crippen LogP contribution is -2.37. The molecule has 0 unspecified atom stereocenters. The van der Waals surface area contributed by atoms with Crippen LogP contribution in [0.3, 0.4) is 0 Å². The van der Waals surface area contributed by atoms with Gasteiger partial charge in [0.2, 0.25) is 5.95 Å². The molecular formula is C25H22F5N5O2. The molecule has 0 saturated carbocycles. The van der Waals surface area contributed by atoms with Crippen molar-refractivity contribution in [1.82, 2.24) is 19.4 Å². The van der Waals surface area contributed by atoms with Crippen molar-refractivity contribution in [3.05, 3.63) is 71.4 Å². The normalized spacial score (nSPS) is 14.5. The van der Waals surface area contributed by atoms with E-state index in [0.717, 1.165) is 6.07 Å². The molecule has 5 rings (SSSR count). The van der Waals surface area contributed by atoms with E-state index in [1.807, 2.05) is 4.90 Å². The zero-order valence-electron chi connectivity index (χ0n) is 19.7. The van der Waals surface area contributed by atoms with Gasteiger partial charge in [0.15, 0.2) is 0 Å². The predicted molar refractivity (Wildman–Crippen MR) is 125 cm³/mol. The molecule has 1 fully saturated rings. The van der Waals surface area contributed by atoms with Crippen LogP contribution in [0.5, 0.6) is 5.75 Å². The summed E-state index contributed by atoms with van der Waals surface area (Å²) >= 11 is 0. The molecule has 0 bridgehead atoms. The standard InChI is InChI=1S/C25H22F5N5O2/c1-15-20(10-16-4-2-3-5-21(16)37-23(26)27)35-14-18(19(25(28,29)30)11-22(35)33-15)17-12-31-24(32-13-17)34-6-8-36-9-7-34/h2-5,11-14,23H,6-10H2,1H3. The van der Waals surface area contributed by atoms with Gasteiger partial charge < -0.3 is 18.8 Å². The molecule has 12 heteroatoms. The monoisotopic (exact) mass is 519 g/mol. The fourth-order valence-electron chi connectivity index (χ4n) is 4.36. The highest BCUT2D eigenvalue weighted by molar-refractivity contribution is 5.69. The quantitative estimate of drug-likeness (QED) is 0.329. The number of fused-ring (bicyclic) bond motifs is 1. The molecule has 7 nitrogen and oxygen atoms in total. The van der Waals surface area contributed by atoms with Crippen molar-refractivity contribution in [2.75, 3.05) is 31.2 Å². The summed E-state index contributed by atoms with van der Waals surface area (Å²) in [4.78, 5) is 14.8. The van der Waals surface area contributed by atoms with Crippen LogP contribution in [-0.2, 0) is 17.3 Å². The number of rotatable bonds is 6. The third kappa shape index (κ3) is 5.19. The average Bonchev–Trinajstić information content (AvgIpc) is 3.18. The van der Waals surface area contributed by atoms with Gasteiger partial charge in [0, 0.05) is 60.5 Å². The number of pyridine rings is 1. The van der Waals surface area contributed by atoms with Gasteiger partial charge in [-0.3, -0.25) is 0 Å². The van der Waals surface area contributed by atoms with E-state index in [-0.39, 0.29) is 28.9 Å². The molecule has 0 spiro atoms. The number of halogens is 5. The number of morpholine rings is 1. The number of aromatic nitrogens is 4. The number of aryl methyl sites for hydroxylation is 1. The van der Waals surface area contributed by atoms with Crippen LogP contribution in [0, 0.1) is 6.92 Å². The number of ether oxygens (including phenoxy) is 2. The number of hydrogen-bond donors (Lipinski definition) is 0. The van der Waals surface area contributed by atoms with Gasteiger partial charge in [-0.2, -0.15) is 22.0 Å². The molecule has 0 amide bonds. The van der Waals surface area contributed by atoms with E-state index >= 15 is 0 Å². The Hall–Kier alpha value is -3.80. The van der Waals surface area contributed by atoms with Gasteiger partial charge in [0.25, 0.3) is 0 Å². The Balaban J connectivity index is 1.58. The smallest absolute Gasteiger partial charge is 0.417 e. The van der Waals surface area contributed by atoms with Crippen LogP contribution in [-0.4, -0.2) is 52.3 Å². The lowest BCUT2D eigenvalue weighted by Gasteiger charge is -2.26. The van der Waals surface area contributed by atoms with Crippen LogP contribution in [0.15, 0.2) is 48.9 Å². The fraction of sp³-hybridized carbons (Fsp3) is 0.320. The van der Waals surface area contributed by atoms with Crippen molar-refractivity contribution in [3.8, 4) is 16.9 Å². The van der Waals surface area contributed by atoms with Crippen molar-refractivity contribution in [2.24, 2.45) is 0 Å². The molecule has 0 aliphatic carbocycles. The number of anilines is 1. The molecule has 1 aliphatic rings. The van der Waals surface area contributed by atoms with Crippen molar-refractivity contribution < 1.29 is 31.4 Å². The Morgan fingerprint density at radius 2 is 1.78 bits per heavy atom. The number of para-hydroxylation sites is 1. The maximum Gasteiger partial charge on any atom is 0.417 e. The van der Waals surface area contributed by atoms with Gasteiger partial charge >= 0.3 is 12.8 Å². The summed E-state index contributed by atoms with van der Waals surface area (Å²) in [5.74, 6) is 0.405. The topological polar surface area (TPSA) is 64.8 Å². The Kier molecular flexibility index (Phi) is 6.67. The van der Waals surface area contributed by atoms with Gasteiger partial charge in [-0.1, -0.05) is 18.2 Å². The SMILES string of the molecule is Cc1nc2cc(C(F)(F)F)c(-c3cnc(N4CCOCC4)nc3)cn2c1Cc1ccccc1OC(F)F. The molecule has 4 heterocycles. The average molecular weight is 519 g/mol. The van der Waals surface area contributed by atoms with Gasteiger partial charge in [-0.15, -0.1) is 0 Å². The molecule has 4 aromatic rings. The summed E-state index contributed by atoms with van der Waals surface area (Å²) in [5, 5.41) is 0. The van der Waals surface area contributed by atoms with Crippen molar-refractivity contribution in [1.29, 1.82) is 0 Å².